The van der Waals surface area contributed by atoms with E-state index in [0.29, 0.717) is 22.3 Å². The van der Waals surface area contributed by atoms with Crippen LogP contribution < -0.4 is 0 Å². The molecule has 2 heteroatoms. The first-order valence-corrected chi connectivity index (χ1v) is 6.36. The number of rotatable bonds is 2. The summed E-state index contributed by atoms with van der Waals surface area (Å²) in [6, 6.07) is 20.3. The van der Waals surface area contributed by atoms with Gasteiger partial charge in [0.15, 0.2) is 0 Å². The minimum atomic E-state index is -0.309. The largest absolute Gasteiger partial charge is 0.206 e. The Balaban J connectivity index is 2.25. The lowest BCUT2D eigenvalue weighted by Crippen LogP contribution is -1.90. The van der Waals surface area contributed by atoms with Crippen LogP contribution in [0.2, 0.25) is 0 Å². The van der Waals surface area contributed by atoms with Gasteiger partial charge in [-0.1, -0.05) is 60.7 Å². The number of hydrogen-bond donors (Lipinski definition) is 0. The van der Waals surface area contributed by atoms with Crippen LogP contribution in [-0.4, -0.2) is 0 Å². The van der Waals surface area contributed by atoms with Gasteiger partial charge in [0.25, 0.3) is 0 Å². The van der Waals surface area contributed by atoms with E-state index in [1.807, 2.05) is 12.1 Å². The highest BCUT2D eigenvalue weighted by Crippen LogP contribution is 2.34. The number of hydrogen-bond acceptors (Lipinski definition) is 0. The summed E-state index contributed by atoms with van der Waals surface area (Å²) in [5.74, 6) is -0.618. The molecule has 0 N–H and O–H groups in total. The van der Waals surface area contributed by atoms with Crippen molar-refractivity contribution in [2.75, 3.05) is 0 Å². The maximum Gasteiger partial charge on any atom is 0.131 e. The van der Waals surface area contributed by atoms with Crippen LogP contribution in [0.25, 0.3) is 22.3 Å². The third kappa shape index (κ3) is 2.21. The SMILES string of the molecule is Fc1ccccc1-c1ccccc1-c1ccccc1F. The van der Waals surface area contributed by atoms with Crippen LogP contribution in [0.1, 0.15) is 0 Å². The van der Waals surface area contributed by atoms with Gasteiger partial charge in [0.1, 0.15) is 11.6 Å². The molecule has 0 heterocycles. The molecule has 3 aromatic carbocycles. The van der Waals surface area contributed by atoms with Gasteiger partial charge in [-0.3, -0.25) is 0 Å². The summed E-state index contributed by atoms with van der Waals surface area (Å²) in [5.41, 5.74) is 2.34. The van der Waals surface area contributed by atoms with Crippen molar-refractivity contribution in [2.24, 2.45) is 0 Å². The van der Waals surface area contributed by atoms with Gasteiger partial charge in [-0.15, -0.1) is 0 Å². The fourth-order valence-corrected chi connectivity index (χ4v) is 2.31. The van der Waals surface area contributed by atoms with Gasteiger partial charge in [0.05, 0.1) is 0 Å². The highest BCUT2D eigenvalue weighted by molar-refractivity contribution is 5.83. The normalized spacial score (nSPS) is 10.5. The van der Waals surface area contributed by atoms with E-state index in [4.69, 9.17) is 0 Å². The van der Waals surface area contributed by atoms with E-state index in [1.54, 1.807) is 48.5 Å². The summed E-state index contributed by atoms with van der Waals surface area (Å²) < 4.78 is 28.0. The molecule has 0 aliphatic carbocycles. The lowest BCUT2D eigenvalue weighted by Gasteiger charge is -2.11. The van der Waals surface area contributed by atoms with Crippen molar-refractivity contribution >= 4 is 0 Å². The Bertz CT molecular complexity index is 683. The molecule has 0 saturated carbocycles. The third-order valence-corrected chi connectivity index (χ3v) is 3.26. The predicted octanol–water partition coefficient (Wildman–Crippen LogP) is 5.30. The summed E-state index contributed by atoms with van der Waals surface area (Å²) in [6.07, 6.45) is 0. The lowest BCUT2D eigenvalue weighted by atomic mass is 9.94. The molecule has 0 fully saturated rings. The minimum absolute atomic E-state index is 0.309. The van der Waals surface area contributed by atoms with Crippen LogP contribution in [0.3, 0.4) is 0 Å². The van der Waals surface area contributed by atoms with Crippen molar-refractivity contribution in [1.29, 1.82) is 0 Å². The van der Waals surface area contributed by atoms with Crippen molar-refractivity contribution in [3.8, 4) is 22.3 Å². The van der Waals surface area contributed by atoms with Crippen molar-refractivity contribution < 1.29 is 8.78 Å². The molecule has 0 aliphatic rings. The van der Waals surface area contributed by atoms with Crippen LogP contribution in [0.4, 0.5) is 8.78 Å². The second-order valence-corrected chi connectivity index (χ2v) is 4.51. The summed E-state index contributed by atoms with van der Waals surface area (Å²) in [4.78, 5) is 0. The van der Waals surface area contributed by atoms with Crippen LogP contribution in [-0.2, 0) is 0 Å². The van der Waals surface area contributed by atoms with E-state index in [2.05, 4.69) is 0 Å². The first-order chi connectivity index (χ1) is 9.77. The van der Waals surface area contributed by atoms with Crippen LogP contribution in [0, 0.1) is 11.6 Å². The Labute approximate surface area is 116 Å². The van der Waals surface area contributed by atoms with Gasteiger partial charge in [-0.05, 0) is 23.3 Å². The Morgan fingerprint density at radius 3 is 1.05 bits per heavy atom. The summed E-state index contributed by atoms with van der Waals surface area (Å²) in [5, 5.41) is 0. The molecule has 98 valence electrons. The number of halogens is 2. The van der Waals surface area contributed by atoms with Gasteiger partial charge < -0.3 is 0 Å². The zero-order valence-corrected chi connectivity index (χ0v) is 10.7. The fourth-order valence-electron chi connectivity index (χ4n) is 2.31. The lowest BCUT2D eigenvalue weighted by molar-refractivity contribution is 0.629. The molecule has 0 aliphatic heterocycles. The molecule has 0 radical (unpaired) electrons. The van der Waals surface area contributed by atoms with E-state index in [-0.39, 0.29) is 11.6 Å². The van der Waals surface area contributed by atoms with E-state index >= 15 is 0 Å². The molecule has 0 aromatic heterocycles. The van der Waals surface area contributed by atoms with Gasteiger partial charge in [-0.25, -0.2) is 8.78 Å². The summed E-state index contributed by atoms with van der Waals surface area (Å²) in [6.45, 7) is 0. The highest BCUT2D eigenvalue weighted by Gasteiger charge is 2.12. The average Bonchev–Trinajstić information content (AvgIpc) is 2.48. The van der Waals surface area contributed by atoms with Crippen molar-refractivity contribution in [3.05, 3.63) is 84.4 Å². The number of benzene rings is 3. The summed E-state index contributed by atoms with van der Waals surface area (Å²) >= 11 is 0. The monoisotopic (exact) mass is 266 g/mol. The summed E-state index contributed by atoms with van der Waals surface area (Å²) in [7, 11) is 0. The molecule has 3 aromatic rings. The molecular weight excluding hydrogens is 254 g/mol. The minimum Gasteiger partial charge on any atom is -0.206 e. The zero-order valence-electron chi connectivity index (χ0n) is 10.7. The van der Waals surface area contributed by atoms with E-state index < -0.39 is 0 Å². The molecule has 0 nitrogen and oxygen atoms in total. The van der Waals surface area contributed by atoms with E-state index in [9.17, 15) is 8.78 Å². The first kappa shape index (κ1) is 12.5. The van der Waals surface area contributed by atoms with Crippen molar-refractivity contribution in [3.63, 3.8) is 0 Å². The second kappa shape index (κ2) is 5.25. The predicted molar refractivity (Wildman–Crippen MR) is 77.2 cm³/mol. The van der Waals surface area contributed by atoms with Crippen LogP contribution in [0.5, 0.6) is 0 Å². The van der Waals surface area contributed by atoms with Gasteiger partial charge >= 0.3 is 0 Å². The molecule has 0 bridgehead atoms. The Morgan fingerprint density at radius 2 is 0.700 bits per heavy atom. The van der Waals surface area contributed by atoms with Gasteiger partial charge in [0, 0.05) is 11.1 Å². The van der Waals surface area contributed by atoms with E-state index in [1.165, 1.54) is 12.1 Å². The van der Waals surface area contributed by atoms with Gasteiger partial charge in [-0.2, -0.15) is 0 Å². The van der Waals surface area contributed by atoms with Gasteiger partial charge in [0.2, 0.25) is 0 Å². The average molecular weight is 266 g/mol. The Kier molecular flexibility index (Phi) is 3.30. The smallest absolute Gasteiger partial charge is 0.131 e. The van der Waals surface area contributed by atoms with Crippen LogP contribution in [0.15, 0.2) is 72.8 Å². The molecule has 20 heavy (non-hydrogen) atoms. The molecule has 3 rings (SSSR count). The van der Waals surface area contributed by atoms with E-state index in [0.717, 1.165) is 0 Å². The maximum atomic E-state index is 14.0. The first-order valence-electron chi connectivity index (χ1n) is 6.36. The van der Waals surface area contributed by atoms with Crippen molar-refractivity contribution in [1.82, 2.24) is 0 Å². The molecule has 0 atom stereocenters. The van der Waals surface area contributed by atoms with Crippen molar-refractivity contribution in [2.45, 2.75) is 0 Å². The molecule has 0 saturated heterocycles. The second-order valence-electron chi connectivity index (χ2n) is 4.51. The maximum absolute atomic E-state index is 14.0. The highest BCUT2D eigenvalue weighted by atomic mass is 19.1. The molecular formula is C18H12F2. The quantitative estimate of drug-likeness (QED) is 0.590. The standard InChI is InChI=1S/C18H12F2/c19-17-11-5-3-9-15(17)13-7-1-2-8-14(13)16-10-4-6-12-18(16)20/h1-12H. The topological polar surface area (TPSA) is 0 Å². The zero-order chi connectivity index (χ0) is 13.9. The molecule has 0 unspecified atom stereocenters. The van der Waals surface area contributed by atoms with Crippen LogP contribution >= 0.6 is 0 Å². The molecule has 0 spiro atoms. The Hall–Kier alpha value is -2.48. The molecule has 0 amide bonds. The Morgan fingerprint density at radius 1 is 0.400 bits per heavy atom. The third-order valence-electron chi connectivity index (χ3n) is 3.26. The fraction of sp³-hybridized carbons (Fsp3) is 0.